The monoisotopic (exact) mass is 288 g/mol. The molecule has 0 saturated carbocycles. The van der Waals surface area contributed by atoms with E-state index < -0.39 is 17.2 Å². The lowest BCUT2D eigenvalue weighted by Gasteiger charge is -2.12. The summed E-state index contributed by atoms with van der Waals surface area (Å²) >= 11 is 0. The van der Waals surface area contributed by atoms with Gasteiger partial charge >= 0.3 is 5.69 Å². The molecule has 2 rings (SSSR count). The molecule has 0 bridgehead atoms. The van der Waals surface area contributed by atoms with E-state index in [2.05, 4.69) is 10.3 Å². The standard InChI is InChI=1S/C14H16N4O3/c15-10(9-4-2-1-3-5-9)6-7-16-13(20)11-8-12(19)18-14(21)17-11/h1-5,8,10H,6-7,15H2,(H,16,20)(H2,17,18,19,21). The van der Waals surface area contributed by atoms with Crippen LogP contribution in [0.3, 0.4) is 0 Å². The zero-order valence-electron chi connectivity index (χ0n) is 11.3. The van der Waals surface area contributed by atoms with E-state index in [4.69, 9.17) is 5.73 Å². The van der Waals surface area contributed by atoms with Crippen LogP contribution in [-0.2, 0) is 0 Å². The number of aromatic amines is 2. The van der Waals surface area contributed by atoms with Gasteiger partial charge in [-0.1, -0.05) is 30.3 Å². The van der Waals surface area contributed by atoms with Gasteiger partial charge in [-0.25, -0.2) is 4.79 Å². The molecular formula is C14H16N4O3. The van der Waals surface area contributed by atoms with E-state index >= 15 is 0 Å². The Morgan fingerprint density at radius 3 is 2.57 bits per heavy atom. The molecule has 1 atom stereocenters. The van der Waals surface area contributed by atoms with Crippen molar-refractivity contribution in [2.45, 2.75) is 12.5 Å². The number of benzene rings is 1. The molecule has 7 heteroatoms. The van der Waals surface area contributed by atoms with Gasteiger partial charge in [0, 0.05) is 18.7 Å². The number of carbonyl (C=O) groups excluding carboxylic acids is 1. The van der Waals surface area contributed by atoms with Crippen molar-refractivity contribution in [1.29, 1.82) is 0 Å². The number of H-pyrrole nitrogens is 2. The van der Waals surface area contributed by atoms with Crippen molar-refractivity contribution >= 4 is 5.91 Å². The van der Waals surface area contributed by atoms with Gasteiger partial charge in [0.2, 0.25) is 0 Å². The first-order chi connectivity index (χ1) is 10.1. The van der Waals surface area contributed by atoms with Crippen molar-refractivity contribution in [2.24, 2.45) is 5.73 Å². The predicted molar refractivity (Wildman–Crippen MR) is 78.0 cm³/mol. The molecule has 21 heavy (non-hydrogen) atoms. The molecule has 0 aliphatic carbocycles. The molecule has 1 unspecified atom stereocenters. The van der Waals surface area contributed by atoms with E-state index in [1.807, 2.05) is 35.3 Å². The lowest BCUT2D eigenvalue weighted by molar-refractivity contribution is 0.0947. The molecule has 7 nitrogen and oxygen atoms in total. The van der Waals surface area contributed by atoms with E-state index in [0.29, 0.717) is 13.0 Å². The van der Waals surface area contributed by atoms with Gasteiger partial charge in [-0.15, -0.1) is 0 Å². The average molecular weight is 288 g/mol. The third-order valence-corrected chi connectivity index (χ3v) is 2.97. The van der Waals surface area contributed by atoms with Crippen molar-refractivity contribution in [3.8, 4) is 0 Å². The zero-order valence-corrected chi connectivity index (χ0v) is 11.3. The Labute approximate surface area is 120 Å². The Morgan fingerprint density at radius 1 is 1.19 bits per heavy atom. The van der Waals surface area contributed by atoms with Crippen LogP contribution in [0.1, 0.15) is 28.5 Å². The summed E-state index contributed by atoms with van der Waals surface area (Å²) < 4.78 is 0. The van der Waals surface area contributed by atoms with Crippen molar-refractivity contribution in [3.63, 3.8) is 0 Å². The van der Waals surface area contributed by atoms with E-state index in [-0.39, 0.29) is 11.7 Å². The first kappa shape index (κ1) is 14.7. The fraction of sp³-hybridized carbons (Fsp3) is 0.214. The van der Waals surface area contributed by atoms with Crippen LogP contribution in [0.15, 0.2) is 46.0 Å². The van der Waals surface area contributed by atoms with Crippen LogP contribution < -0.4 is 22.3 Å². The van der Waals surface area contributed by atoms with Crippen LogP contribution in [-0.4, -0.2) is 22.4 Å². The fourth-order valence-corrected chi connectivity index (χ4v) is 1.89. The maximum absolute atomic E-state index is 11.8. The lowest BCUT2D eigenvalue weighted by atomic mass is 10.1. The van der Waals surface area contributed by atoms with Gasteiger partial charge in [-0.3, -0.25) is 14.6 Å². The molecule has 110 valence electrons. The first-order valence-corrected chi connectivity index (χ1v) is 6.48. The fourth-order valence-electron chi connectivity index (χ4n) is 1.89. The van der Waals surface area contributed by atoms with E-state index in [9.17, 15) is 14.4 Å². The molecule has 0 spiro atoms. The predicted octanol–water partition coefficient (Wildman–Crippen LogP) is -0.117. The molecule has 5 N–H and O–H groups in total. The quantitative estimate of drug-likeness (QED) is 0.613. The Kier molecular flexibility index (Phi) is 4.68. The van der Waals surface area contributed by atoms with Crippen LogP contribution in [0, 0.1) is 0 Å². The number of nitrogens with two attached hydrogens (primary N) is 1. The largest absolute Gasteiger partial charge is 0.351 e. The summed E-state index contributed by atoms with van der Waals surface area (Å²) in [6, 6.07) is 10.4. The van der Waals surface area contributed by atoms with Crippen molar-refractivity contribution < 1.29 is 4.79 Å². The molecule has 0 saturated heterocycles. The smallest absolute Gasteiger partial charge is 0.326 e. The Hall–Kier alpha value is -2.67. The molecule has 1 amide bonds. The third-order valence-electron chi connectivity index (χ3n) is 2.97. The second kappa shape index (κ2) is 6.67. The van der Waals surface area contributed by atoms with Gasteiger partial charge in [0.15, 0.2) is 0 Å². The second-order valence-electron chi connectivity index (χ2n) is 4.56. The van der Waals surface area contributed by atoms with Gasteiger partial charge in [0.25, 0.3) is 11.5 Å². The summed E-state index contributed by atoms with van der Waals surface area (Å²) in [6.07, 6.45) is 0.545. The molecule has 1 heterocycles. The number of carbonyl (C=O) groups is 1. The molecule has 1 aromatic heterocycles. The summed E-state index contributed by atoms with van der Waals surface area (Å²) in [7, 11) is 0. The highest BCUT2D eigenvalue weighted by atomic mass is 16.2. The maximum atomic E-state index is 11.8. The number of rotatable bonds is 5. The number of amides is 1. The molecule has 0 aliphatic heterocycles. The van der Waals surface area contributed by atoms with E-state index in [0.717, 1.165) is 11.6 Å². The number of aromatic nitrogens is 2. The minimum absolute atomic E-state index is 0.0722. The minimum Gasteiger partial charge on any atom is -0.351 e. The average Bonchev–Trinajstić information content (AvgIpc) is 2.47. The summed E-state index contributed by atoms with van der Waals surface area (Å²) in [5.74, 6) is -0.515. The first-order valence-electron chi connectivity index (χ1n) is 6.48. The molecule has 1 aromatic carbocycles. The van der Waals surface area contributed by atoms with Crippen LogP contribution in [0.2, 0.25) is 0 Å². The highest BCUT2D eigenvalue weighted by Gasteiger charge is 2.09. The normalized spacial score (nSPS) is 11.9. The molecule has 0 radical (unpaired) electrons. The molecule has 0 aliphatic rings. The van der Waals surface area contributed by atoms with E-state index in [1.54, 1.807) is 0 Å². The maximum Gasteiger partial charge on any atom is 0.326 e. The number of hydrogen-bond donors (Lipinski definition) is 4. The number of nitrogens with one attached hydrogen (secondary N) is 3. The minimum atomic E-state index is -0.714. The van der Waals surface area contributed by atoms with Gasteiger partial charge in [-0.2, -0.15) is 0 Å². The van der Waals surface area contributed by atoms with Crippen molar-refractivity contribution in [1.82, 2.24) is 15.3 Å². The van der Waals surface area contributed by atoms with Gasteiger partial charge < -0.3 is 16.0 Å². The number of hydrogen-bond acceptors (Lipinski definition) is 4. The topological polar surface area (TPSA) is 121 Å². The van der Waals surface area contributed by atoms with Crippen LogP contribution >= 0.6 is 0 Å². The van der Waals surface area contributed by atoms with Crippen LogP contribution in [0.5, 0.6) is 0 Å². The van der Waals surface area contributed by atoms with Crippen LogP contribution in [0.25, 0.3) is 0 Å². The summed E-state index contributed by atoms with van der Waals surface area (Å²) in [5.41, 5.74) is 5.58. The summed E-state index contributed by atoms with van der Waals surface area (Å²) in [6.45, 7) is 0.337. The lowest BCUT2D eigenvalue weighted by Crippen LogP contribution is -2.32. The van der Waals surface area contributed by atoms with Crippen molar-refractivity contribution in [3.05, 3.63) is 68.5 Å². The molecule has 0 fully saturated rings. The van der Waals surface area contributed by atoms with Gasteiger partial charge in [-0.05, 0) is 12.0 Å². The highest BCUT2D eigenvalue weighted by molar-refractivity contribution is 5.91. The molecular weight excluding hydrogens is 272 g/mol. The van der Waals surface area contributed by atoms with Gasteiger partial charge in [0.05, 0.1) is 0 Å². The van der Waals surface area contributed by atoms with Crippen LogP contribution in [0.4, 0.5) is 0 Å². The Bertz CT molecular complexity index is 692. The van der Waals surface area contributed by atoms with Crippen molar-refractivity contribution in [2.75, 3.05) is 6.54 Å². The molecule has 2 aromatic rings. The summed E-state index contributed by atoms with van der Waals surface area (Å²) in [5, 5.41) is 2.61. The Balaban J connectivity index is 1.90. The second-order valence-corrected chi connectivity index (χ2v) is 4.56. The summed E-state index contributed by atoms with van der Waals surface area (Å²) in [4.78, 5) is 38.2. The van der Waals surface area contributed by atoms with Gasteiger partial charge in [0.1, 0.15) is 5.69 Å². The zero-order chi connectivity index (χ0) is 15.2. The van der Waals surface area contributed by atoms with E-state index in [1.165, 1.54) is 0 Å². The highest BCUT2D eigenvalue weighted by Crippen LogP contribution is 2.12. The third kappa shape index (κ3) is 4.15. The Morgan fingerprint density at radius 2 is 1.90 bits per heavy atom. The SMILES string of the molecule is NC(CCNC(=O)c1cc(=O)[nH]c(=O)[nH]1)c1ccccc1.